The van der Waals surface area contributed by atoms with Gasteiger partial charge in [0, 0.05) is 18.1 Å². The lowest BCUT2D eigenvalue weighted by Gasteiger charge is -2.12. The Morgan fingerprint density at radius 1 is 1.04 bits per heavy atom. The molecule has 0 amide bonds. The van der Waals surface area contributed by atoms with Crippen LogP contribution in [-0.4, -0.2) is 39.8 Å². The minimum atomic E-state index is -3.32. The number of rotatable bonds is 8. The van der Waals surface area contributed by atoms with Crippen LogP contribution < -0.4 is 10.6 Å². The Balaban J connectivity index is 0.00000364. The fraction of sp³-hybridized carbons (Fsp3) is 0.316. The third-order valence-electron chi connectivity index (χ3n) is 3.72. The van der Waals surface area contributed by atoms with Gasteiger partial charge in [-0.15, -0.1) is 24.0 Å². The summed E-state index contributed by atoms with van der Waals surface area (Å²) in [5.41, 5.74) is 1.06. The lowest BCUT2D eigenvalue weighted by molar-refractivity contribution is 0.596. The lowest BCUT2D eigenvalue weighted by atomic mass is 10.1. The summed E-state index contributed by atoms with van der Waals surface area (Å²) in [5.74, 6) is 0.570. The molecule has 0 aliphatic rings. The second-order valence-electron chi connectivity index (χ2n) is 5.66. The van der Waals surface area contributed by atoms with Crippen LogP contribution in [0.15, 0.2) is 64.5 Å². The number of benzene rings is 2. The quantitative estimate of drug-likeness (QED) is 0.317. The summed E-state index contributed by atoms with van der Waals surface area (Å²) < 4.78 is 24.6. The molecule has 0 aromatic heterocycles. The van der Waals surface area contributed by atoms with Crippen LogP contribution >= 0.6 is 35.6 Å². The maximum absolute atomic E-state index is 12.3. The average Bonchev–Trinajstić information content (AvgIpc) is 2.64. The van der Waals surface area contributed by atoms with Crippen LogP contribution in [0.3, 0.4) is 0 Å². The van der Waals surface area contributed by atoms with Crippen molar-refractivity contribution in [1.29, 1.82) is 0 Å². The molecule has 0 unspecified atom stereocenters. The topological polar surface area (TPSA) is 70.6 Å². The monoisotopic (exact) mass is 521 g/mol. The first-order valence-electron chi connectivity index (χ1n) is 8.56. The number of aliphatic imine (C=N–C) groups is 1. The number of guanidine groups is 1. The Labute approximate surface area is 183 Å². The summed E-state index contributed by atoms with van der Waals surface area (Å²) in [6.45, 7) is 3.51. The molecule has 0 aliphatic heterocycles. The van der Waals surface area contributed by atoms with Gasteiger partial charge in [-0.1, -0.05) is 48.0 Å². The number of nitrogens with zero attached hydrogens (tertiary/aromatic N) is 1. The summed E-state index contributed by atoms with van der Waals surface area (Å²) in [7, 11) is -3.32. The van der Waals surface area contributed by atoms with E-state index in [1.54, 1.807) is 30.3 Å². The van der Waals surface area contributed by atoms with Crippen LogP contribution in [0, 0.1) is 0 Å². The molecule has 0 atom stereocenters. The summed E-state index contributed by atoms with van der Waals surface area (Å²) >= 11 is 6.15. The van der Waals surface area contributed by atoms with Crippen LogP contribution in [-0.2, 0) is 16.3 Å². The molecule has 8 heteroatoms. The molecule has 0 spiro atoms. The summed E-state index contributed by atoms with van der Waals surface area (Å²) in [4.78, 5) is 4.69. The van der Waals surface area contributed by atoms with E-state index in [1.165, 1.54) is 0 Å². The molecule has 0 bridgehead atoms. The molecule has 2 aromatic rings. The maximum atomic E-state index is 12.3. The van der Waals surface area contributed by atoms with Crippen LogP contribution in [0.1, 0.15) is 12.5 Å². The molecule has 0 fully saturated rings. The zero-order valence-corrected chi connectivity index (χ0v) is 19.1. The highest BCUT2D eigenvalue weighted by Crippen LogP contribution is 2.14. The largest absolute Gasteiger partial charge is 0.357 e. The minimum absolute atomic E-state index is 0. The molecule has 2 rings (SSSR count). The zero-order chi connectivity index (χ0) is 18.8. The third-order valence-corrected chi connectivity index (χ3v) is 5.80. The zero-order valence-electron chi connectivity index (χ0n) is 15.2. The van der Waals surface area contributed by atoms with Crippen LogP contribution in [0.25, 0.3) is 0 Å². The van der Waals surface area contributed by atoms with Crippen molar-refractivity contribution in [3.63, 3.8) is 0 Å². The predicted molar refractivity (Wildman–Crippen MR) is 123 cm³/mol. The van der Waals surface area contributed by atoms with E-state index in [2.05, 4.69) is 15.6 Å². The highest BCUT2D eigenvalue weighted by molar-refractivity contribution is 14.0. The summed E-state index contributed by atoms with van der Waals surface area (Å²) in [5, 5.41) is 7.07. The minimum Gasteiger partial charge on any atom is -0.357 e. The Kier molecular flexibility index (Phi) is 10.7. The number of hydrogen-bond acceptors (Lipinski definition) is 3. The first-order valence-corrected chi connectivity index (χ1v) is 10.6. The van der Waals surface area contributed by atoms with Crippen LogP contribution in [0.4, 0.5) is 0 Å². The number of nitrogens with one attached hydrogen (secondary N) is 2. The fourth-order valence-corrected chi connectivity index (χ4v) is 3.75. The van der Waals surface area contributed by atoms with Gasteiger partial charge in [-0.3, -0.25) is 4.99 Å². The van der Waals surface area contributed by atoms with E-state index in [9.17, 15) is 8.42 Å². The van der Waals surface area contributed by atoms with Gasteiger partial charge < -0.3 is 10.6 Å². The van der Waals surface area contributed by atoms with Gasteiger partial charge in [-0.25, -0.2) is 8.42 Å². The first kappa shape index (κ1) is 23.7. The van der Waals surface area contributed by atoms with E-state index in [1.807, 2.05) is 31.2 Å². The van der Waals surface area contributed by atoms with Gasteiger partial charge in [0.25, 0.3) is 0 Å². The molecule has 2 N–H and O–H groups in total. The van der Waals surface area contributed by atoms with Crippen molar-refractivity contribution in [2.75, 3.05) is 25.4 Å². The molecule has 0 aliphatic carbocycles. The lowest BCUT2D eigenvalue weighted by Crippen LogP contribution is -2.38. The van der Waals surface area contributed by atoms with Crippen molar-refractivity contribution in [3.05, 3.63) is 65.2 Å². The van der Waals surface area contributed by atoms with Gasteiger partial charge >= 0.3 is 0 Å². The van der Waals surface area contributed by atoms with E-state index < -0.39 is 9.84 Å². The van der Waals surface area contributed by atoms with E-state index in [0.29, 0.717) is 23.9 Å². The first-order chi connectivity index (χ1) is 12.5. The Bertz CT molecular complexity index is 830. The van der Waals surface area contributed by atoms with Gasteiger partial charge in [0.15, 0.2) is 15.8 Å². The average molecular weight is 522 g/mol. The van der Waals surface area contributed by atoms with E-state index in [4.69, 9.17) is 11.6 Å². The molecule has 2 aromatic carbocycles. The van der Waals surface area contributed by atoms with Crippen molar-refractivity contribution in [2.24, 2.45) is 4.99 Å². The predicted octanol–water partition coefficient (Wildman–Crippen LogP) is 3.53. The molecule has 0 radical (unpaired) electrons. The highest BCUT2D eigenvalue weighted by atomic mass is 127. The smallest absolute Gasteiger partial charge is 0.191 e. The van der Waals surface area contributed by atoms with Gasteiger partial charge in [-0.2, -0.15) is 0 Å². The summed E-state index contributed by atoms with van der Waals surface area (Å²) in [6.07, 6.45) is 0.756. The summed E-state index contributed by atoms with van der Waals surface area (Å²) in [6, 6.07) is 16.1. The van der Waals surface area contributed by atoms with Crippen molar-refractivity contribution in [2.45, 2.75) is 18.2 Å². The number of sulfone groups is 1. The van der Waals surface area contributed by atoms with Crippen LogP contribution in [0.2, 0.25) is 5.02 Å². The molecule has 27 heavy (non-hydrogen) atoms. The van der Waals surface area contributed by atoms with Crippen molar-refractivity contribution < 1.29 is 8.42 Å². The Hall–Kier alpha value is -1.32. The highest BCUT2D eigenvalue weighted by Gasteiger charge is 2.13. The molecule has 0 heterocycles. The van der Waals surface area contributed by atoms with E-state index in [-0.39, 0.29) is 36.3 Å². The number of halogens is 2. The van der Waals surface area contributed by atoms with Crippen LogP contribution in [0.5, 0.6) is 0 Å². The second-order valence-corrected chi connectivity index (χ2v) is 8.18. The van der Waals surface area contributed by atoms with Gasteiger partial charge in [0.1, 0.15) is 0 Å². The molecular formula is C19H25ClIN3O2S. The standard InChI is InChI=1S/C19H24ClN3O2S.HI/c1-2-21-19(22-13-12-16-8-6-7-11-18(16)20)23-14-15-26(24,25)17-9-4-3-5-10-17;/h3-11H,2,12-15H2,1H3,(H2,21,22,23);1H. The molecule has 0 saturated heterocycles. The molecule has 0 saturated carbocycles. The molecular weight excluding hydrogens is 497 g/mol. The van der Waals surface area contributed by atoms with Crippen molar-refractivity contribution >= 4 is 51.4 Å². The van der Waals surface area contributed by atoms with E-state index >= 15 is 0 Å². The van der Waals surface area contributed by atoms with Crippen molar-refractivity contribution in [3.8, 4) is 0 Å². The molecule has 5 nitrogen and oxygen atoms in total. The van der Waals surface area contributed by atoms with Gasteiger partial charge in [0.2, 0.25) is 0 Å². The number of hydrogen-bond donors (Lipinski definition) is 2. The van der Waals surface area contributed by atoms with E-state index in [0.717, 1.165) is 17.0 Å². The SMILES string of the molecule is CCNC(=NCCS(=O)(=O)c1ccccc1)NCCc1ccccc1Cl.I. The fourth-order valence-electron chi connectivity index (χ4n) is 2.38. The second kappa shape index (κ2) is 12.2. The maximum Gasteiger partial charge on any atom is 0.191 e. The Morgan fingerprint density at radius 2 is 1.70 bits per heavy atom. The Morgan fingerprint density at radius 3 is 2.37 bits per heavy atom. The van der Waals surface area contributed by atoms with Crippen molar-refractivity contribution in [1.82, 2.24) is 10.6 Å². The normalized spacial score (nSPS) is 11.6. The molecule has 148 valence electrons. The van der Waals surface area contributed by atoms with Gasteiger partial charge in [0.05, 0.1) is 17.2 Å². The van der Waals surface area contributed by atoms with Gasteiger partial charge in [-0.05, 0) is 37.1 Å². The third kappa shape index (κ3) is 8.06.